The Kier molecular flexibility index (Phi) is 4.35. The zero-order valence-corrected chi connectivity index (χ0v) is 12.6. The number of hydrogen-bond acceptors (Lipinski definition) is 4. The van der Waals surface area contributed by atoms with E-state index in [9.17, 15) is 35.5 Å². The fourth-order valence-electron chi connectivity index (χ4n) is 2.36. The standard InChI is InChI=1S/C13H13F5O4S/c1-2-5-22-8-3-4-9(23(20,21)13(16,17)18)10-7(8)6-12(14,15)11(10)19/h3-4,11,19H,2,5-6H2,1H3. The summed E-state index contributed by atoms with van der Waals surface area (Å²) in [7, 11) is -5.87. The van der Waals surface area contributed by atoms with Crippen LogP contribution in [0.5, 0.6) is 5.75 Å². The molecule has 0 radical (unpaired) electrons. The molecule has 4 nitrogen and oxygen atoms in total. The first-order valence-corrected chi connectivity index (χ1v) is 8.07. The highest BCUT2D eigenvalue weighted by Crippen LogP contribution is 2.50. The lowest BCUT2D eigenvalue weighted by Gasteiger charge is -2.17. The Balaban J connectivity index is 2.69. The minimum absolute atomic E-state index is 0.111. The molecule has 0 saturated carbocycles. The lowest BCUT2D eigenvalue weighted by molar-refractivity contribution is -0.0978. The topological polar surface area (TPSA) is 63.6 Å². The first-order chi connectivity index (χ1) is 10.4. The van der Waals surface area contributed by atoms with E-state index in [4.69, 9.17) is 4.74 Å². The molecular weight excluding hydrogens is 347 g/mol. The molecule has 1 aliphatic carbocycles. The summed E-state index contributed by atoms with van der Waals surface area (Å²) in [6, 6.07) is 1.44. The monoisotopic (exact) mass is 360 g/mol. The van der Waals surface area contributed by atoms with E-state index >= 15 is 0 Å². The number of aliphatic hydroxyl groups is 1. The molecule has 0 bridgehead atoms. The van der Waals surface area contributed by atoms with Crippen LogP contribution < -0.4 is 4.74 Å². The third-order valence-corrected chi connectivity index (χ3v) is 4.96. The highest BCUT2D eigenvalue weighted by atomic mass is 32.2. The van der Waals surface area contributed by atoms with E-state index in [-0.39, 0.29) is 12.4 Å². The van der Waals surface area contributed by atoms with Crippen molar-refractivity contribution in [1.82, 2.24) is 0 Å². The van der Waals surface area contributed by atoms with Crippen molar-refractivity contribution in [3.8, 4) is 5.75 Å². The van der Waals surface area contributed by atoms with Crippen molar-refractivity contribution < 1.29 is 40.2 Å². The van der Waals surface area contributed by atoms with Gasteiger partial charge in [-0.2, -0.15) is 13.2 Å². The van der Waals surface area contributed by atoms with Gasteiger partial charge in [0.25, 0.3) is 15.8 Å². The number of ether oxygens (including phenoxy) is 1. The fraction of sp³-hybridized carbons (Fsp3) is 0.538. The number of hydrogen-bond donors (Lipinski definition) is 1. The normalized spacial score (nSPS) is 20.4. The predicted octanol–water partition coefficient (Wildman–Crippen LogP) is 2.99. The van der Waals surface area contributed by atoms with Gasteiger partial charge in [-0.05, 0) is 18.6 Å². The maximum Gasteiger partial charge on any atom is 0.501 e. The number of alkyl halides is 5. The van der Waals surface area contributed by atoms with Crippen molar-refractivity contribution in [3.63, 3.8) is 0 Å². The average molecular weight is 360 g/mol. The summed E-state index contributed by atoms with van der Waals surface area (Å²) in [5, 5.41) is 9.63. The number of benzene rings is 1. The van der Waals surface area contributed by atoms with E-state index in [1.54, 1.807) is 6.92 Å². The Morgan fingerprint density at radius 1 is 1.35 bits per heavy atom. The molecule has 10 heteroatoms. The Hall–Kier alpha value is -1.42. The van der Waals surface area contributed by atoms with Gasteiger partial charge >= 0.3 is 5.51 Å². The van der Waals surface area contributed by atoms with Crippen LogP contribution in [0.2, 0.25) is 0 Å². The van der Waals surface area contributed by atoms with Crippen LogP contribution in [0.15, 0.2) is 17.0 Å². The van der Waals surface area contributed by atoms with Crippen LogP contribution >= 0.6 is 0 Å². The molecular formula is C13H13F5O4S. The third-order valence-electron chi connectivity index (χ3n) is 3.42. The average Bonchev–Trinajstić information content (AvgIpc) is 2.66. The van der Waals surface area contributed by atoms with E-state index in [0.29, 0.717) is 12.5 Å². The molecule has 23 heavy (non-hydrogen) atoms. The summed E-state index contributed by atoms with van der Waals surface area (Å²) in [6.07, 6.45) is -3.23. The summed E-state index contributed by atoms with van der Waals surface area (Å²) >= 11 is 0. The van der Waals surface area contributed by atoms with Gasteiger partial charge in [-0.1, -0.05) is 6.92 Å². The molecule has 2 rings (SSSR count). The van der Waals surface area contributed by atoms with Gasteiger partial charge in [-0.3, -0.25) is 0 Å². The zero-order chi connectivity index (χ0) is 17.6. The summed E-state index contributed by atoms with van der Waals surface area (Å²) in [6.45, 7) is 1.84. The fourth-order valence-corrected chi connectivity index (χ4v) is 3.38. The molecule has 0 aromatic heterocycles. The van der Waals surface area contributed by atoms with Crippen LogP contribution in [-0.2, 0) is 16.3 Å². The minimum Gasteiger partial charge on any atom is -0.493 e. The van der Waals surface area contributed by atoms with Crippen molar-refractivity contribution in [3.05, 3.63) is 23.3 Å². The number of rotatable bonds is 4. The molecule has 0 amide bonds. The van der Waals surface area contributed by atoms with Crippen molar-refractivity contribution in [2.45, 2.75) is 42.2 Å². The van der Waals surface area contributed by atoms with Crippen molar-refractivity contribution in [2.24, 2.45) is 0 Å². The van der Waals surface area contributed by atoms with Gasteiger partial charge in [-0.15, -0.1) is 0 Å². The molecule has 1 unspecified atom stereocenters. The molecule has 0 heterocycles. The second-order valence-corrected chi connectivity index (χ2v) is 7.00. The lowest BCUT2D eigenvalue weighted by atomic mass is 10.1. The first kappa shape index (κ1) is 17.9. The molecule has 0 fully saturated rings. The predicted molar refractivity (Wildman–Crippen MR) is 69.1 cm³/mol. The quantitative estimate of drug-likeness (QED) is 0.839. The van der Waals surface area contributed by atoms with Crippen LogP contribution in [-0.4, -0.2) is 31.6 Å². The number of aliphatic hydroxyl groups excluding tert-OH is 1. The minimum atomic E-state index is -5.87. The Labute approximate surface area is 128 Å². The summed E-state index contributed by atoms with van der Waals surface area (Å²) in [4.78, 5) is -1.37. The SMILES string of the molecule is CCCOc1ccc(S(=O)(=O)C(F)(F)F)c2c1CC(F)(F)C2O. The Morgan fingerprint density at radius 3 is 2.48 bits per heavy atom. The van der Waals surface area contributed by atoms with Gasteiger partial charge in [-0.25, -0.2) is 17.2 Å². The molecule has 0 aliphatic heterocycles. The Morgan fingerprint density at radius 2 is 1.96 bits per heavy atom. The van der Waals surface area contributed by atoms with Crippen LogP contribution in [0.1, 0.15) is 30.6 Å². The molecule has 0 spiro atoms. The van der Waals surface area contributed by atoms with Crippen LogP contribution in [0.4, 0.5) is 22.0 Å². The lowest BCUT2D eigenvalue weighted by Crippen LogP contribution is -2.26. The molecule has 1 N–H and O–H groups in total. The van der Waals surface area contributed by atoms with Gasteiger partial charge < -0.3 is 9.84 Å². The maximum absolute atomic E-state index is 13.7. The van der Waals surface area contributed by atoms with Crippen molar-refractivity contribution in [1.29, 1.82) is 0 Å². The van der Waals surface area contributed by atoms with Gasteiger partial charge in [0.15, 0.2) is 0 Å². The molecule has 1 aliphatic rings. The number of fused-ring (bicyclic) bond motifs is 1. The van der Waals surface area contributed by atoms with E-state index in [2.05, 4.69) is 0 Å². The third kappa shape index (κ3) is 2.89. The van der Waals surface area contributed by atoms with Gasteiger partial charge in [0.2, 0.25) is 0 Å². The molecule has 130 valence electrons. The first-order valence-electron chi connectivity index (χ1n) is 6.59. The summed E-state index contributed by atoms with van der Waals surface area (Å²) < 4.78 is 93.9. The van der Waals surface area contributed by atoms with Crippen molar-refractivity contribution >= 4 is 9.84 Å². The second kappa shape index (κ2) is 5.59. The van der Waals surface area contributed by atoms with E-state index in [1.807, 2.05) is 0 Å². The smallest absolute Gasteiger partial charge is 0.493 e. The molecule has 1 atom stereocenters. The van der Waals surface area contributed by atoms with E-state index < -0.39 is 49.8 Å². The molecule has 1 aromatic rings. The zero-order valence-electron chi connectivity index (χ0n) is 11.8. The molecule has 0 saturated heterocycles. The number of halogens is 5. The number of sulfone groups is 1. The van der Waals surface area contributed by atoms with Gasteiger partial charge in [0.1, 0.15) is 11.9 Å². The van der Waals surface area contributed by atoms with Gasteiger partial charge in [0.05, 0.1) is 11.5 Å². The molecule has 1 aromatic carbocycles. The van der Waals surface area contributed by atoms with Crippen LogP contribution in [0.25, 0.3) is 0 Å². The van der Waals surface area contributed by atoms with Crippen LogP contribution in [0.3, 0.4) is 0 Å². The van der Waals surface area contributed by atoms with Crippen molar-refractivity contribution in [2.75, 3.05) is 6.61 Å². The largest absolute Gasteiger partial charge is 0.501 e. The Bertz CT molecular complexity index is 712. The second-order valence-electron chi connectivity index (χ2n) is 5.09. The highest BCUT2D eigenvalue weighted by Gasteiger charge is 2.55. The van der Waals surface area contributed by atoms with E-state index in [0.717, 1.165) is 6.07 Å². The van der Waals surface area contributed by atoms with Crippen LogP contribution in [0, 0.1) is 0 Å². The summed E-state index contributed by atoms with van der Waals surface area (Å²) in [5.74, 6) is -3.93. The maximum atomic E-state index is 13.7. The highest BCUT2D eigenvalue weighted by molar-refractivity contribution is 7.92. The van der Waals surface area contributed by atoms with E-state index in [1.165, 1.54) is 0 Å². The summed E-state index contributed by atoms with van der Waals surface area (Å²) in [5.41, 5.74) is -7.02. The van der Waals surface area contributed by atoms with Gasteiger partial charge in [0, 0.05) is 17.5 Å².